The standard InChI is InChI=1S/C67H69BClN3/c1-63(2,3)42-19-26-47(27-20-42)70(48-28-21-43(22-29-48)64(4,5)6)51-33-36-57-59(41-51)72(50-32-34-53-52-17-15-16-18-54(52)67(13,14)55(53)40-50)61-39-45(66(10,11)12)38-60-62(61)68(57)56-35-23-44(65(7,8)9)37-58(56)71(60)49-30-24-46(69)25-31-49/h15-41H,1-14H3. The zero-order valence-electron chi connectivity index (χ0n) is 44.9. The lowest BCUT2D eigenvalue weighted by Crippen LogP contribution is -2.61. The highest BCUT2D eigenvalue weighted by atomic mass is 35.5. The van der Waals surface area contributed by atoms with Crippen LogP contribution < -0.4 is 31.1 Å². The van der Waals surface area contributed by atoms with Crippen molar-refractivity contribution in [1.82, 2.24) is 0 Å². The fourth-order valence-electron chi connectivity index (χ4n) is 11.7. The van der Waals surface area contributed by atoms with Crippen LogP contribution in [0, 0.1) is 0 Å². The Morgan fingerprint density at radius 1 is 0.403 bits per heavy atom. The smallest absolute Gasteiger partial charge is 0.252 e. The predicted octanol–water partition coefficient (Wildman–Crippen LogP) is 17.4. The molecule has 8 aromatic rings. The second kappa shape index (κ2) is 16.5. The van der Waals surface area contributed by atoms with Crippen LogP contribution in [0.15, 0.2) is 164 Å². The summed E-state index contributed by atoms with van der Waals surface area (Å²) in [6, 6.07) is 62.7. The Morgan fingerprint density at radius 2 is 0.847 bits per heavy atom. The van der Waals surface area contributed by atoms with Crippen LogP contribution in [-0.2, 0) is 27.1 Å². The van der Waals surface area contributed by atoms with Crippen LogP contribution in [0.1, 0.15) is 130 Å². The number of hydrogen-bond acceptors (Lipinski definition) is 3. The monoisotopic (exact) mass is 962 g/mol. The van der Waals surface area contributed by atoms with Gasteiger partial charge in [-0.15, -0.1) is 0 Å². The molecule has 362 valence electrons. The van der Waals surface area contributed by atoms with Gasteiger partial charge < -0.3 is 14.7 Å². The zero-order valence-corrected chi connectivity index (χ0v) is 45.6. The molecule has 0 N–H and O–H groups in total. The van der Waals surface area contributed by atoms with E-state index in [1.165, 1.54) is 83.6 Å². The van der Waals surface area contributed by atoms with E-state index < -0.39 is 0 Å². The first-order valence-electron chi connectivity index (χ1n) is 26.0. The van der Waals surface area contributed by atoms with Crippen molar-refractivity contribution >= 4 is 85.9 Å². The highest BCUT2D eigenvalue weighted by molar-refractivity contribution is 7.00. The summed E-state index contributed by atoms with van der Waals surface area (Å²) >= 11 is 6.67. The number of benzene rings is 8. The van der Waals surface area contributed by atoms with Crippen molar-refractivity contribution in [3.8, 4) is 11.1 Å². The average molecular weight is 963 g/mol. The summed E-state index contributed by atoms with van der Waals surface area (Å²) in [5, 5.41) is 0.727. The predicted molar refractivity (Wildman–Crippen MR) is 313 cm³/mol. The molecule has 2 heterocycles. The molecule has 11 rings (SSSR count). The van der Waals surface area contributed by atoms with Gasteiger partial charge in [0.05, 0.1) is 0 Å². The van der Waals surface area contributed by atoms with Gasteiger partial charge in [-0.25, -0.2) is 0 Å². The van der Waals surface area contributed by atoms with E-state index in [1.54, 1.807) is 0 Å². The highest BCUT2D eigenvalue weighted by Crippen LogP contribution is 2.53. The number of anilines is 9. The minimum atomic E-state index is -0.179. The first-order chi connectivity index (χ1) is 33.9. The molecule has 0 radical (unpaired) electrons. The summed E-state index contributed by atoms with van der Waals surface area (Å²) in [6.45, 7) is 32.5. The molecular formula is C67H69BClN3. The first-order valence-corrected chi connectivity index (χ1v) is 26.4. The zero-order chi connectivity index (χ0) is 51.0. The summed E-state index contributed by atoms with van der Waals surface area (Å²) < 4.78 is 0. The summed E-state index contributed by atoms with van der Waals surface area (Å²) in [4.78, 5) is 7.59. The van der Waals surface area contributed by atoms with Crippen molar-refractivity contribution in [1.29, 1.82) is 0 Å². The van der Waals surface area contributed by atoms with Crippen molar-refractivity contribution in [2.24, 2.45) is 0 Å². The molecule has 0 aromatic heterocycles. The lowest BCUT2D eigenvalue weighted by Gasteiger charge is -2.45. The van der Waals surface area contributed by atoms with E-state index in [2.05, 4.69) is 263 Å². The molecule has 0 saturated carbocycles. The van der Waals surface area contributed by atoms with Gasteiger partial charge in [-0.2, -0.15) is 0 Å². The lowest BCUT2D eigenvalue weighted by atomic mass is 9.33. The molecule has 0 atom stereocenters. The van der Waals surface area contributed by atoms with Gasteiger partial charge in [-0.05, 0) is 174 Å². The Bertz CT molecular complexity index is 3370. The molecule has 3 nitrogen and oxygen atoms in total. The van der Waals surface area contributed by atoms with Crippen molar-refractivity contribution in [3.05, 3.63) is 202 Å². The van der Waals surface area contributed by atoms with Crippen molar-refractivity contribution < 1.29 is 0 Å². The van der Waals surface area contributed by atoms with Crippen LogP contribution in [0.2, 0.25) is 5.02 Å². The summed E-state index contributed by atoms with van der Waals surface area (Å²) in [5.74, 6) is 0. The number of rotatable bonds is 5. The van der Waals surface area contributed by atoms with Crippen LogP contribution in [0.3, 0.4) is 0 Å². The quantitative estimate of drug-likeness (QED) is 0.159. The molecule has 3 aliphatic rings. The Kier molecular flexibility index (Phi) is 11.0. The van der Waals surface area contributed by atoms with Gasteiger partial charge in [0.15, 0.2) is 0 Å². The third kappa shape index (κ3) is 7.88. The van der Waals surface area contributed by atoms with Crippen molar-refractivity contribution in [3.63, 3.8) is 0 Å². The maximum absolute atomic E-state index is 6.67. The molecule has 0 unspecified atom stereocenters. The third-order valence-corrected chi connectivity index (χ3v) is 16.2. The SMILES string of the molecule is CC(C)(C)c1ccc(N(c2ccc(C(C)(C)C)cc2)c2ccc3c(c2)N(c2ccc4c(c2)C(C)(C)c2ccccc2-4)c2cc(C(C)(C)C)cc4c2B3c2ccc(C(C)(C)C)cc2N4c2ccc(Cl)cc2)cc1. The molecule has 8 aromatic carbocycles. The van der Waals surface area contributed by atoms with Gasteiger partial charge in [0.1, 0.15) is 0 Å². The molecule has 1 aliphatic carbocycles. The minimum absolute atomic E-state index is 0.0288. The van der Waals surface area contributed by atoms with E-state index in [4.69, 9.17) is 11.6 Å². The molecule has 0 saturated heterocycles. The molecule has 0 fully saturated rings. The van der Waals surface area contributed by atoms with Crippen LogP contribution in [0.5, 0.6) is 0 Å². The topological polar surface area (TPSA) is 9.72 Å². The van der Waals surface area contributed by atoms with Gasteiger partial charge in [-0.3, -0.25) is 0 Å². The Morgan fingerprint density at radius 3 is 1.40 bits per heavy atom. The Balaban J connectivity index is 1.22. The maximum atomic E-state index is 6.67. The molecule has 0 bridgehead atoms. The van der Waals surface area contributed by atoms with Gasteiger partial charge >= 0.3 is 0 Å². The van der Waals surface area contributed by atoms with Crippen LogP contribution in [0.25, 0.3) is 11.1 Å². The van der Waals surface area contributed by atoms with E-state index >= 15 is 0 Å². The molecule has 0 spiro atoms. The Labute approximate surface area is 435 Å². The van der Waals surface area contributed by atoms with E-state index in [0.29, 0.717) is 0 Å². The molecular weight excluding hydrogens is 893 g/mol. The van der Waals surface area contributed by atoms with Gasteiger partial charge in [0.2, 0.25) is 0 Å². The summed E-state index contributed by atoms with van der Waals surface area (Å²) in [7, 11) is 0. The second-order valence-corrected chi connectivity index (χ2v) is 25.8. The van der Waals surface area contributed by atoms with Crippen molar-refractivity contribution in [2.45, 2.75) is 124 Å². The van der Waals surface area contributed by atoms with Gasteiger partial charge in [0.25, 0.3) is 6.71 Å². The van der Waals surface area contributed by atoms with Crippen LogP contribution >= 0.6 is 11.6 Å². The van der Waals surface area contributed by atoms with Crippen LogP contribution in [0.4, 0.5) is 51.2 Å². The third-order valence-electron chi connectivity index (χ3n) is 15.9. The maximum Gasteiger partial charge on any atom is 0.252 e. The summed E-state index contributed by atoms with van der Waals surface area (Å²) in [5.41, 5.74) is 24.5. The summed E-state index contributed by atoms with van der Waals surface area (Å²) in [6.07, 6.45) is 0. The molecule has 0 amide bonds. The fourth-order valence-corrected chi connectivity index (χ4v) is 11.8. The number of hydrogen-bond donors (Lipinski definition) is 0. The second-order valence-electron chi connectivity index (χ2n) is 25.4. The molecule has 2 aliphatic heterocycles. The lowest BCUT2D eigenvalue weighted by molar-refractivity contribution is 0.590. The van der Waals surface area contributed by atoms with Crippen LogP contribution in [-0.4, -0.2) is 6.71 Å². The minimum Gasteiger partial charge on any atom is -0.311 e. The van der Waals surface area contributed by atoms with E-state index in [-0.39, 0.29) is 33.8 Å². The normalized spacial score (nSPS) is 14.6. The molecule has 72 heavy (non-hydrogen) atoms. The van der Waals surface area contributed by atoms with E-state index in [9.17, 15) is 0 Å². The largest absolute Gasteiger partial charge is 0.311 e. The number of halogens is 1. The molecule has 5 heteroatoms. The fraction of sp³-hybridized carbons (Fsp3) is 0.284. The van der Waals surface area contributed by atoms with Gasteiger partial charge in [-0.1, -0.05) is 181 Å². The van der Waals surface area contributed by atoms with E-state index in [1.807, 2.05) is 12.1 Å². The van der Waals surface area contributed by atoms with Crippen molar-refractivity contribution in [2.75, 3.05) is 14.7 Å². The number of nitrogens with zero attached hydrogens (tertiary/aromatic N) is 3. The Hall–Kier alpha value is -6.49. The number of fused-ring (bicyclic) bond motifs is 7. The van der Waals surface area contributed by atoms with E-state index in [0.717, 1.165) is 33.5 Å². The van der Waals surface area contributed by atoms with Gasteiger partial charge in [0, 0.05) is 61.6 Å². The highest BCUT2D eigenvalue weighted by Gasteiger charge is 2.45. The average Bonchev–Trinajstić information content (AvgIpc) is 3.55. The first kappa shape index (κ1) is 47.8.